The van der Waals surface area contributed by atoms with E-state index in [-0.39, 0.29) is 17.5 Å². The molecular formula is C12H21N5O3. The van der Waals surface area contributed by atoms with Crippen LogP contribution in [-0.4, -0.2) is 41.2 Å². The van der Waals surface area contributed by atoms with E-state index in [1.165, 1.54) is 6.20 Å². The fraction of sp³-hybridized carbons (Fsp3) is 0.667. The Balaban J connectivity index is 2.95. The van der Waals surface area contributed by atoms with E-state index in [0.29, 0.717) is 19.1 Å². The number of hydrogen-bond acceptors (Lipinski definition) is 7. The standard InChI is InChI=1S/C12H21N5O3/c1-4-6-13-12-14-7-10(17(18)19)11(16-12)15-9(5-2)8-20-3/h7,9H,4-6,8H2,1-3H3,(H2,13,14,15,16). The van der Waals surface area contributed by atoms with Crippen LogP contribution >= 0.6 is 0 Å². The lowest BCUT2D eigenvalue weighted by molar-refractivity contribution is -0.384. The van der Waals surface area contributed by atoms with Crippen molar-refractivity contribution in [1.82, 2.24) is 9.97 Å². The lowest BCUT2D eigenvalue weighted by atomic mass is 10.2. The van der Waals surface area contributed by atoms with Crippen LogP contribution in [0.15, 0.2) is 6.20 Å². The molecule has 0 bridgehead atoms. The summed E-state index contributed by atoms with van der Waals surface area (Å²) in [6, 6.07) is -0.0346. The third-order valence-corrected chi connectivity index (χ3v) is 2.70. The van der Waals surface area contributed by atoms with Crippen LogP contribution in [0.4, 0.5) is 17.5 Å². The number of methoxy groups -OCH3 is 1. The van der Waals surface area contributed by atoms with Crippen molar-refractivity contribution in [2.24, 2.45) is 0 Å². The number of aromatic nitrogens is 2. The molecule has 1 aromatic rings. The second-order valence-electron chi connectivity index (χ2n) is 4.32. The van der Waals surface area contributed by atoms with Crippen LogP contribution in [0.2, 0.25) is 0 Å². The Hall–Kier alpha value is -1.96. The summed E-state index contributed by atoms with van der Waals surface area (Å²) in [6.45, 7) is 5.16. The van der Waals surface area contributed by atoms with Gasteiger partial charge in [0.2, 0.25) is 11.8 Å². The summed E-state index contributed by atoms with van der Waals surface area (Å²) in [6.07, 6.45) is 2.91. The van der Waals surface area contributed by atoms with Gasteiger partial charge in [-0.2, -0.15) is 4.98 Å². The van der Waals surface area contributed by atoms with Crippen LogP contribution in [0.5, 0.6) is 0 Å². The highest BCUT2D eigenvalue weighted by Gasteiger charge is 2.19. The van der Waals surface area contributed by atoms with Crippen molar-refractivity contribution < 1.29 is 9.66 Å². The zero-order valence-corrected chi connectivity index (χ0v) is 12.0. The third kappa shape index (κ3) is 4.61. The van der Waals surface area contributed by atoms with Gasteiger partial charge in [-0.3, -0.25) is 10.1 Å². The molecule has 20 heavy (non-hydrogen) atoms. The molecule has 1 aromatic heterocycles. The van der Waals surface area contributed by atoms with E-state index in [2.05, 4.69) is 20.6 Å². The fourth-order valence-corrected chi connectivity index (χ4v) is 1.59. The Morgan fingerprint density at radius 1 is 1.50 bits per heavy atom. The predicted octanol–water partition coefficient (Wildman–Crippen LogP) is 2.04. The Morgan fingerprint density at radius 2 is 2.25 bits per heavy atom. The van der Waals surface area contributed by atoms with Crippen molar-refractivity contribution in [3.05, 3.63) is 16.3 Å². The van der Waals surface area contributed by atoms with E-state index in [1.807, 2.05) is 13.8 Å². The molecule has 0 saturated heterocycles. The average molecular weight is 283 g/mol. The van der Waals surface area contributed by atoms with Crippen LogP contribution in [0.25, 0.3) is 0 Å². The molecule has 1 rings (SSSR count). The molecule has 0 aliphatic carbocycles. The van der Waals surface area contributed by atoms with Crippen LogP contribution in [-0.2, 0) is 4.74 Å². The molecule has 0 amide bonds. The molecule has 8 nitrogen and oxygen atoms in total. The number of nitrogens with zero attached hydrogens (tertiary/aromatic N) is 3. The van der Waals surface area contributed by atoms with Gasteiger partial charge in [-0.25, -0.2) is 4.98 Å². The number of anilines is 2. The minimum absolute atomic E-state index is 0.0346. The molecule has 0 fully saturated rings. The van der Waals surface area contributed by atoms with Gasteiger partial charge in [0, 0.05) is 13.7 Å². The molecule has 0 spiro atoms. The zero-order chi connectivity index (χ0) is 15.0. The molecule has 2 N–H and O–H groups in total. The van der Waals surface area contributed by atoms with Crippen molar-refractivity contribution in [3.8, 4) is 0 Å². The maximum absolute atomic E-state index is 11.0. The van der Waals surface area contributed by atoms with E-state index >= 15 is 0 Å². The lowest BCUT2D eigenvalue weighted by Crippen LogP contribution is -2.25. The Bertz CT molecular complexity index is 441. The van der Waals surface area contributed by atoms with E-state index in [1.54, 1.807) is 7.11 Å². The first-order valence-electron chi connectivity index (χ1n) is 6.63. The fourth-order valence-electron chi connectivity index (χ4n) is 1.59. The normalized spacial score (nSPS) is 11.9. The summed E-state index contributed by atoms with van der Waals surface area (Å²) in [5, 5.41) is 17.1. The van der Waals surface area contributed by atoms with Crippen molar-refractivity contribution in [3.63, 3.8) is 0 Å². The van der Waals surface area contributed by atoms with E-state index < -0.39 is 4.92 Å². The summed E-state index contributed by atoms with van der Waals surface area (Å²) in [4.78, 5) is 18.6. The number of nitro groups is 1. The quantitative estimate of drug-likeness (QED) is 0.528. The molecule has 112 valence electrons. The first-order chi connectivity index (χ1) is 9.62. The van der Waals surface area contributed by atoms with Crippen LogP contribution in [0, 0.1) is 10.1 Å². The van der Waals surface area contributed by atoms with Crippen molar-refractivity contribution in [2.45, 2.75) is 32.7 Å². The van der Waals surface area contributed by atoms with E-state index in [0.717, 1.165) is 12.8 Å². The molecular weight excluding hydrogens is 262 g/mol. The largest absolute Gasteiger partial charge is 0.383 e. The van der Waals surface area contributed by atoms with Crippen LogP contribution < -0.4 is 10.6 Å². The van der Waals surface area contributed by atoms with Gasteiger partial charge >= 0.3 is 5.69 Å². The van der Waals surface area contributed by atoms with Crippen molar-refractivity contribution in [2.75, 3.05) is 30.9 Å². The highest BCUT2D eigenvalue weighted by atomic mass is 16.6. The molecule has 0 aliphatic rings. The maximum atomic E-state index is 11.0. The topological polar surface area (TPSA) is 102 Å². The smallest absolute Gasteiger partial charge is 0.329 e. The monoisotopic (exact) mass is 283 g/mol. The summed E-state index contributed by atoms with van der Waals surface area (Å²) in [5.41, 5.74) is -0.137. The minimum atomic E-state index is -0.495. The number of nitrogens with one attached hydrogen (secondary N) is 2. The van der Waals surface area contributed by atoms with Gasteiger partial charge in [-0.15, -0.1) is 0 Å². The molecule has 0 saturated carbocycles. The average Bonchev–Trinajstić information content (AvgIpc) is 2.44. The van der Waals surface area contributed by atoms with Gasteiger partial charge in [-0.05, 0) is 12.8 Å². The minimum Gasteiger partial charge on any atom is -0.383 e. The van der Waals surface area contributed by atoms with Crippen molar-refractivity contribution in [1.29, 1.82) is 0 Å². The predicted molar refractivity (Wildman–Crippen MR) is 77.0 cm³/mol. The first kappa shape index (κ1) is 16.1. The molecule has 0 aromatic carbocycles. The van der Waals surface area contributed by atoms with Gasteiger partial charge in [0.1, 0.15) is 6.20 Å². The number of ether oxygens (including phenoxy) is 1. The first-order valence-corrected chi connectivity index (χ1v) is 6.63. The van der Waals surface area contributed by atoms with Gasteiger partial charge in [-0.1, -0.05) is 13.8 Å². The highest BCUT2D eigenvalue weighted by molar-refractivity contribution is 5.57. The van der Waals surface area contributed by atoms with Crippen LogP contribution in [0.3, 0.4) is 0 Å². The summed E-state index contributed by atoms with van der Waals surface area (Å²) >= 11 is 0. The van der Waals surface area contributed by atoms with Crippen LogP contribution in [0.1, 0.15) is 26.7 Å². The second-order valence-corrected chi connectivity index (χ2v) is 4.32. The summed E-state index contributed by atoms with van der Waals surface area (Å²) in [7, 11) is 1.59. The Morgan fingerprint density at radius 3 is 2.80 bits per heavy atom. The zero-order valence-electron chi connectivity index (χ0n) is 12.0. The SMILES string of the molecule is CCCNc1ncc([N+](=O)[O-])c(NC(CC)COC)n1. The number of hydrogen-bond donors (Lipinski definition) is 2. The maximum Gasteiger partial charge on any atom is 0.329 e. The third-order valence-electron chi connectivity index (χ3n) is 2.70. The Labute approximate surface area is 118 Å². The Kier molecular flexibility index (Phi) is 6.65. The van der Waals surface area contributed by atoms with Gasteiger partial charge in [0.25, 0.3) is 0 Å². The molecule has 0 aliphatic heterocycles. The van der Waals surface area contributed by atoms with Crippen molar-refractivity contribution >= 4 is 17.5 Å². The number of rotatable bonds is 9. The lowest BCUT2D eigenvalue weighted by Gasteiger charge is -2.16. The highest BCUT2D eigenvalue weighted by Crippen LogP contribution is 2.23. The molecule has 1 atom stereocenters. The summed E-state index contributed by atoms with van der Waals surface area (Å²) < 4.78 is 5.07. The van der Waals surface area contributed by atoms with E-state index in [4.69, 9.17) is 4.74 Å². The molecule has 1 unspecified atom stereocenters. The summed E-state index contributed by atoms with van der Waals surface area (Å²) in [5.74, 6) is 0.597. The van der Waals surface area contributed by atoms with Gasteiger partial charge < -0.3 is 15.4 Å². The molecule has 0 radical (unpaired) electrons. The van der Waals surface area contributed by atoms with Gasteiger partial charge in [0.15, 0.2) is 0 Å². The molecule has 8 heteroatoms. The second kappa shape index (κ2) is 8.26. The molecule has 1 heterocycles. The van der Waals surface area contributed by atoms with Gasteiger partial charge in [0.05, 0.1) is 17.6 Å². The van der Waals surface area contributed by atoms with E-state index in [9.17, 15) is 10.1 Å².